The highest BCUT2D eigenvalue weighted by Crippen LogP contribution is 2.35. The van der Waals surface area contributed by atoms with Crippen LogP contribution < -0.4 is 14.9 Å². The lowest BCUT2D eigenvalue weighted by atomic mass is 10.1. The summed E-state index contributed by atoms with van der Waals surface area (Å²) < 4.78 is 10.9. The summed E-state index contributed by atoms with van der Waals surface area (Å²) in [6, 6.07) is 6.05. The van der Waals surface area contributed by atoms with Crippen LogP contribution in [-0.4, -0.2) is 24.9 Å². The maximum atomic E-state index is 5.49. The Morgan fingerprint density at radius 1 is 1.12 bits per heavy atom. The Kier molecular flexibility index (Phi) is 3.16. The third-order valence-electron chi connectivity index (χ3n) is 3.33. The van der Waals surface area contributed by atoms with Gasteiger partial charge in [-0.1, -0.05) is 18.6 Å². The first-order chi connectivity index (χ1) is 8.43. The maximum Gasteiger partial charge on any atom is 0.231 e. The number of hydrogen-bond acceptors (Lipinski definition) is 4. The fourth-order valence-corrected chi connectivity index (χ4v) is 2.38. The molecule has 0 spiro atoms. The number of fused-ring (bicyclic) bond motifs is 1. The molecule has 0 aromatic heterocycles. The Hall–Kier alpha value is -1.26. The quantitative estimate of drug-likeness (QED) is 0.866. The standard InChI is InChI=1S/C13H18N2O2/c1-2-7-15(8-3-1)14-9-11-5-4-6-12-13(11)17-10-16-12/h4-6,14H,1-3,7-10H2. The van der Waals surface area contributed by atoms with Crippen LogP contribution in [0.3, 0.4) is 0 Å². The number of hydrogen-bond donors (Lipinski definition) is 1. The lowest BCUT2D eigenvalue weighted by Crippen LogP contribution is -2.41. The van der Waals surface area contributed by atoms with Crippen LogP contribution in [0.15, 0.2) is 18.2 Å². The molecule has 4 nitrogen and oxygen atoms in total. The van der Waals surface area contributed by atoms with Gasteiger partial charge in [-0.2, -0.15) is 0 Å². The summed E-state index contributed by atoms with van der Waals surface area (Å²) in [6.07, 6.45) is 3.94. The van der Waals surface area contributed by atoms with Gasteiger partial charge in [-0.25, -0.2) is 5.01 Å². The zero-order chi connectivity index (χ0) is 11.5. The van der Waals surface area contributed by atoms with Crippen LogP contribution in [0.2, 0.25) is 0 Å². The van der Waals surface area contributed by atoms with Crippen LogP contribution in [0, 0.1) is 0 Å². The predicted molar refractivity (Wildman–Crippen MR) is 64.8 cm³/mol. The Labute approximate surface area is 101 Å². The SMILES string of the molecule is c1cc(CNN2CCCCC2)c2c(c1)OCO2. The molecule has 1 aromatic carbocycles. The molecule has 0 unspecified atom stereocenters. The highest BCUT2D eigenvalue weighted by atomic mass is 16.7. The number of para-hydroxylation sites is 1. The van der Waals surface area contributed by atoms with Crippen molar-refractivity contribution in [3.8, 4) is 11.5 Å². The predicted octanol–water partition coefficient (Wildman–Crippen LogP) is 1.91. The van der Waals surface area contributed by atoms with E-state index in [2.05, 4.69) is 16.5 Å². The molecule has 1 fully saturated rings. The smallest absolute Gasteiger partial charge is 0.231 e. The monoisotopic (exact) mass is 234 g/mol. The van der Waals surface area contributed by atoms with Crippen molar-refractivity contribution < 1.29 is 9.47 Å². The maximum absolute atomic E-state index is 5.49. The molecule has 0 bridgehead atoms. The summed E-state index contributed by atoms with van der Waals surface area (Å²) in [5.41, 5.74) is 4.64. The van der Waals surface area contributed by atoms with Crippen LogP contribution in [0.25, 0.3) is 0 Å². The van der Waals surface area contributed by atoms with E-state index in [-0.39, 0.29) is 0 Å². The average Bonchev–Trinajstić information content (AvgIpc) is 2.86. The fraction of sp³-hybridized carbons (Fsp3) is 0.538. The second-order valence-corrected chi connectivity index (χ2v) is 4.53. The van der Waals surface area contributed by atoms with Gasteiger partial charge < -0.3 is 9.47 Å². The second kappa shape index (κ2) is 4.94. The molecule has 0 saturated carbocycles. The van der Waals surface area contributed by atoms with E-state index in [9.17, 15) is 0 Å². The van der Waals surface area contributed by atoms with Gasteiger partial charge in [0.25, 0.3) is 0 Å². The number of nitrogens with zero attached hydrogens (tertiary/aromatic N) is 1. The van der Waals surface area contributed by atoms with Gasteiger partial charge in [0.15, 0.2) is 11.5 Å². The number of ether oxygens (including phenoxy) is 2. The number of nitrogens with one attached hydrogen (secondary N) is 1. The Morgan fingerprint density at radius 2 is 2.00 bits per heavy atom. The Bertz CT molecular complexity index is 389. The van der Waals surface area contributed by atoms with Crippen LogP contribution in [-0.2, 0) is 6.54 Å². The van der Waals surface area contributed by atoms with E-state index in [1.807, 2.05) is 12.1 Å². The van der Waals surface area contributed by atoms with E-state index < -0.39 is 0 Å². The van der Waals surface area contributed by atoms with E-state index in [1.165, 1.54) is 24.8 Å². The van der Waals surface area contributed by atoms with Crippen molar-refractivity contribution in [2.24, 2.45) is 0 Å². The first-order valence-electron chi connectivity index (χ1n) is 6.29. The van der Waals surface area contributed by atoms with Crippen LogP contribution in [0.4, 0.5) is 0 Å². The molecule has 0 atom stereocenters. The average molecular weight is 234 g/mol. The largest absolute Gasteiger partial charge is 0.454 e. The van der Waals surface area contributed by atoms with Gasteiger partial charge in [0.1, 0.15) is 0 Å². The molecule has 1 aromatic rings. The van der Waals surface area contributed by atoms with Gasteiger partial charge in [-0.15, -0.1) is 0 Å². The number of piperidine rings is 1. The van der Waals surface area contributed by atoms with E-state index in [1.54, 1.807) is 0 Å². The highest BCUT2D eigenvalue weighted by Gasteiger charge is 2.17. The van der Waals surface area contributed by atoms with Crippen molar-refractivity contribution in [2.75, 3.05) is 19.9 Å². The second-order valence-electron chi connectivity index (χ2n) is 4.53. The molecule has 1 N–H and O–H groups in total. The molecule has 92 valence electrons. The zero-order valence-electron chi connectivity index (χ0n) is 9.95. The number of rotatable bonds is 3. The molecule has 3 rings (SSSR count). The molecule has 0 aliphatic carbocycles. The minimum atomic E-state index is 0.343. The van der Waals surface area contributed by atoms with E-state index in [0.717, 1.165) is 31.1 Å². The number of hydrazine groups is 1. The minimum absolute atomic E-state index is 0.343. The fourth-order valence-electron chi connectivity index (χ4n) is 2.38. The third-order valence-corrected chi connectivity index (χ3v) is 3.33. The molecule has 1 saturated heterocycles. The Balaban J connectivity index is 1.63. The van der Waals surface area contributed by atoms with E-state index in [4.69, 9.17) is 9.47 Å². The van der Waals surface area contributed by atoms with Crippen LogP contribution >= 0.6 is 0 Å². The summed E-state index contributed by atoms with van der Waals surface area (Å²) in [5, 5.41) is 2.30. The van der Waals surface area contributed by atoms with Gasteiger partial charge >= 0.3 is 0 Å². The van der Waals surface area contributed by atoms with Crippen molar-refractivity contribution >= 4 is 0 Å². The zero-order valence-corrected chi connectivity index (χ0v) is 9.95. The molecular weight excluding hydrogens is 216 g/mol. The summed E-state index contributed by atoms with van der Waals surface area (Å²) in [7, 11) is 0. The van der Waals surface area contributed by atoms with Gasteiger partial charge in [-0.3, -0.25) is 5.43 Å². The van der Waals surface area contributed by atoms with Gasteiger partial charge in [0.05, 0.1) is 0 Å². The number of benzene rings is 1. The summed E-state index contributed by atoms with van der Waals surface area (Å²) in [4.78, 5) is 0. The lowest BCUT2D eigenvalue weighted by molar-refractivity contribution is 0.148. The first-order valence-corrected chi connectivity index (χ1v) is 6.29. The molecular formula is C13H18N2O2. The summed E-state index contributed by atoms with van der Waals surface area (Å²) in [6.45, 7) is 3.45. The van der Waals surface area contributed by atoms with Crippen molar-refractivity contribution in [3.63, 3.8) is 0 Å². The van der Waals surface area contributed by atoms with E-state index in [0.29, 0.717) is 6.79 Å². The van der Waals surface area contributed by atoms with Crippen molar-refractivity contribution in [2.45, 2.75) is 25.8 Å². The topological polar surface area (TPSA) is 33.7 Å². The van der Waals surface area contributed by atoms with Gasteiger partial charge in [0.2, 0.25) is 6.79 Å². The van der Waals surface area contributed by atoms with Crippen molar-refractivity contribution in [3.05, 3.63) is 23.8 Å². The van der Waals surface area contributed by atoms with Gasteiger partial charge in [0, 0.05) is 25.2 Å². The first kappa shape index (κ1) is 10.9. The molecule has 0 amide bonds. The van der Waals surface area contributed by atoms with Crippen LogP contribution in [0.1, 0.15) is 24.8 Å². The molecule has 2 aliphatic rings. The van der Waals surface area contributed by atoms with Crippen molar-refractivity contribution in [1.29, 1.82) is 0 Å². The molecule has 4 heteroatoms. The molecule has 2 aliphatic heterocycles. The molecule has 17 heavy (non-hydrogen) atoms. The van der Waals surface area contributed by atoms with E-state index >= 15 is 0 Å². The highest BCUT2D eigenvalue weighted by molar-refractivity contribution is 5.47. The van der Waals surface area contributed by atoms with Gasteiger partial charge in [-0.05, 0) is 18.9 Å². The molecule has 0 radical (unpaired) electrons. The minimum Gasteiger partial charge on any atom is -0.454 e. The molecule has 2 heterocycles. The Morgan fingerprint density at radius 3 is 2.88 bits per heavy atom. The summed E-state index contributed by atoms with van der Waals surface area (Å²) >= 11 is 0. The van der Waals surface area contributed by atoms with Crippen LogP contribution in [0.5, 0.6) is 11.5 Å². The van der Waals surface area contributed by atoms with Crippen molar-refractivity contribution in [1.82, 2.24) is 10.4 Å². The summed E-state index contributed by atoms with van der Waals surface area (Å²) in [5.74, 6) is 1.76. The lowest BCUT2D eigenvalue weighted by Gasteiger charge is -2.27. The normalized spacial score (nSPS) is 19.5. The third kappa shape index (κ3) is 2.37.